The van der Waals surface area contributed by atoms with E-state index in [0.29, 0.717) is 5.92 Å². The number of aliphatic hydroxyl groups is 2. The Morgan fingerprint density at radius 2 is 1.95 bits per heavy atom. The molecule has 0 bridgehead atoms. The third kappa shape index (κ3) is 2.57. The van der Waals surface area contributed by atoms with Crippen LogP contribution in [0.2, 0.25) is 0 Å². The van der Waals surface area contributed by atoms with E-state index in [2.05, 4.69) is 17.0 Å². The van der Waals surface area contributed by atoms with Crippen LogP contribution in [0.4, 0.5) is 5.69 Å². The summed E-state index contributed by atoms with van der Waals surface area (Å²) in [5.74, 6) is 0.418. The quantitative estimate of drug-likeness (QED) is 0.872. The first-order valence-corrected chi connectivity index (χ1v) is 7.84. The van der Waals surface area contributed by atoms with Crippen molar-refractivity contribution < 1.29 is 10.2 Å². The number of anilines is 1. The molecule has 0 radical (unpaired) electrons. The lowest BCUT2D eigenvalue weighted by Crippen LogP contribution is -2.53. The highest BCUT2D eigenvalue weighted by Crippen LogP contribution is 2.40. The minimum atomic E-state index is -0.408. The van der Waals surface area contributed by atoms with E-state index in [1.807, 2.05) is 12.1 Å². The first kappa shape index (κ1) is 13.9. The summed E-state index contributed by atoms with van der Waals surface area (Å²) in [6.45, 7) is 3.68. The molecule has 2 fully saturated rings. The standard InChI is InChI=1S/C17H25NO2/c1-13(19)14-5-7-16(8-6-14)18-11-10-17(20)9-3-2-4-15(17)12-18/h5-8,13,15,19-20H,2-4,9-12H2,1H3/t13-,15?,17?/m1/s1. The molecule has 2 aliphatic rings. The lowest BCUT2D eigenvalue weighted by molar-refractivity contribution is -0.0612. The highest BCUT2D eigenvalue weighted by Gasteiger charge is 2.42. The smallest absolute Gasteiger partial charge is 0.0761 e. The lowest BCUT2D eigenvalue weighted by Gasteiger charge is -2.48. The summed E-state index contributed by atoms with van der Waals surface area (Å²) in [5.41, 5.74) is 1.76. The molecule has 1 heterocycles. The van der Waals surface area contributed by atoms with E-state index in [4.69, 9.17) is 0 Å². The fourth-order valence-corrected chi connectivity index (χ4v) is 3.77. The molecular formula is C17H25NO2. The predicted octanol–water partition coefficient (Wildman–Crippen LogP) is 2.87. The Morgan fingerprint density at radius 3 is 2.65 bits per heavy atom. The Bertz CT molecular complexity index is 457. The fraction of sp³-hybridized carbons (Fsp3) is 0.647. The zero-order valence-electron chi connectivity index (χ0n) is 12.3. The third-order valence-electron chi connectivity index (χ3n) is 5.17. The van der Waals surface area contributed by atoms with Crippen molar-refractivity contribution in [1.29, 1.82) is 0 Å². The Kier molecular flexibility index (Phi) is 3.74. The number of hydrogen-bond acceptors (Lipinski definition) is 3. The monoisotopic (exact) mass is 275 g/mol. The number of nitrogens with zero attached hydrogens (tertiary/aromatic N) is 1. The van der Waals surface area contributed by atoms with Crippen molar-refractivity contribution in [3.8, 4) is 0 Å². The molecule has 20 heavy (non-hydrogen) atoms. The Balaban J connectivity index is 1.72. The summed E-state index contributed by atoms with van der Waals surface area (Å²) < 4.78 is 0. The number of piperidine rings is 1. The number of hydrogen-bond donors (Lipinski definition) is 2. The van der Waals surface area contributed by atoms with Gasteiger partial charge in [0.25, 0.3) is 0 Å². The van der Waals surface area contributed by atoms with Crippen LogP contribution in [-0.4, -0.2) is 28.9 Å². The SMILES string of the molecule is C[C@@H](O)c1ccc(N2CCC3(O)CCCCC3C2)cc1. The van der Waals surface area contributed by atoms with Gasteiger partial charge in [-0.2, -0.15) is 0 Å². The molecule has 0 aromatic heterocycles. The largest absolute Gasteiger partial charge is 0.389 e. The topological polar surface area (TPSA) is 43.7 Å². The molecule has 110 valence electrons. The maximum Gasteiger partial charge on any atom is 0.0761 e. The maximum atomic E-state index is 10.7. The Hall–Kier alpha value is -1.06. The molecule has 1 aromatic rings. The van der Waals surface area contributed by atoms with Crippen molar-refractivity contribution in [2.24, 2.45) is 5.92 Å². The maximum absolute atomic E-state index is 10.7. The van der Waals surface area contributed by atoms with E-state index in [1.54, 1.807) is 6.92 Å². The molecule has 2 unspecified atom stereocenters. The van der Waals surface area contributed by atoms with Gasteiger partial charge in [-0.3, -0.25) is 0 Å². The van der Waals surface area contributed by atoms with Crippen LogP contribution < -0.4 is 4.90 Å². The molecule has 2 N–H and O–H groups in total. The van der Waals surface area contributed by atoms with E-state index in [9.17, 15) is 10.2 Å². The third-order valence-corrected chi connectivity index (χ3v) is 5.17. The van der Waals surface area contributed by atoms with Crippen LogP contribution in [0.25, 0.3) is 0 Å². The minimum absolute atomic E-state index is 0.408. The molecule has 1 saturated carbocycles. The van der Waals surface area contributed by atoms with Crippen molar-refractivity contribution in [3.05, 3.63) is 29.8 Å². The van der Waals surface area contributed by atoms with E-state index in [0.717, 1.165) is 37.9 Å². The second-order valence-electron chi connectivity index (χ2n) is 6.51. The van der Waals surface area contributed by atoms with Crippen LogP contribution in [0.3, 0.4) is 0 Å². The fourth-order valence-electron chi connectivity index (χ4n) is 3.77. The van der Waals surface area contributed by atoms with Gasteiger partial charge >= 0.3 is 0 Å². The van der Waals surface area contributed by atoms with Gasteiger partial charge in [0.1, 0.15) is 0 Å². The Morgan fingerprint density at radius 1 is 1.20 bits per heavy atom. The van der Waals surface area contributed by atoms with Gasteiger partial charge < -0.3 is 15.1 Å². The van der Waals surface area contributed by atoms with Crippen LogP contribution >= 0.6 is 0 Å². The zero-order valence-corrected chi connectivity index (χ0v) is 12.3. The van der Waals surface area contributed by atoms with Gasteiger partial charge in [-0.1, -0.05) is 25.0 Å². The second-order valence-corrected chi connectivity index (χ2v) is 6.51. The number of aliphatic hydroxyl groups excluding tert-OH is 1. The molecule has 0 amide bonds. The van der Waals surface area contributed by atoms with Gasteiger partial charge in [-0.15, -0.1) is 0 Å². The van der Waals surface area contributed by atoms with E-state index in [1.165, 1.54) is 18.5 Å². The van der Waals surface area contributed by atoms with Crippen LogP contribution in [0.5, 0.6) is 0 Å². The van der Waals surface area contributed by atoms with Gasteiger partial charge in [0.05, 0.1) is 11.7 Å². The van der Waals surface area contributed by atoms with Gasteiger partial charge in [-0.25, -0.2) is 0 Å². The molecular weight excluding hydrogens is 250 g/mol. The summed E-state index contributed by atoms with van der Waals surface area (Å²) in [4.78, 5) is 2.39. The van der Waals surface area contributed by atoms with Gasteiger partial charge in [0.2, 0.25) is 0 Å². The molecule has 1 aliphatic heterocycles. The van der Waals surface area contributed by atoms with Crippen LogP contribution in [0, 0.1) is 5.92 Å². The van der Waals surface area contributed by atoms with Crippen molar-refractivity contribution >= 4 is 5.69 Å². The molecule has 1 aromatic carbocycles. The van der Waals surface area contributed by atoms with Crippen molar-refractivity contribution in [3.63, 3.8) is 0 Å². The summed E-state index contributed by atoms with van der Waals surface area (Å²) in [6, 6.07) is 8.19. The highest BCUT2D eigenvalue weighted by atomic mass is 16.3. The van der Waals surface area contributed by atoms with Crippen LogP contribution in [0.1, 0.15) is 50.7 Å². The number of rotatable bonds is 2. The average molecular weight is 275 g/mol. The zero-order chi connectivity index (χ0) is 14.2. The van der Waals surface area contributed by atoms with E-state index >= 15 is 0 Å². The normalized spacial score (nSPS) is 31.8. The van der Waals surface area contributed by atoms with Crippen molar-refractivity contribution in [2.75, 3.05) is 18.0 Å². The van der Waals surface area contributed by atoms with Crippen LogP contribution in [-0.2, 0) is 0 Å². The number of benzene rings is 1. The van der Waals surface area contributed by atoms with Gasteiger partial charge in [0.15, 0.2) is 0 Å². The predicted molar refractivity (Wildman–Crippen MR) is 80.8 cm³/mol. The molecule has 0 spiro atoms. The molecule has 1 saturated heterocycles. The molecule has 3 nitrogen and oxygen atoms in total. The first-order valence-electron chi connectivity index (χ1n) is 7.84. The van der Waals surface area contributed by atoms with Crippen molar-refractivity contribution in [1.82, 2.24) is 0 Å². The van der Waals surface area contributed by atoms with Gasteiger partial charge in [-0.05, 0) is 43.9 Å². The summed E-state index contributed by atoms with van der Waals surface area (Å²) >= 11 is 0. The minimum Gasteiger partial charge on any atom is -0.389 e. The van der Waals surface area contributed by atoms with Gasteiger partial charge in [0, 0.05) is 24.7 Å². The van der Waals surface area contributed by atoms with E-state index < -0.39 is 11.7 Å². The summed E-state index contributed by atoms with van der Waals surface area (Å²) in [6.07, 6.45) is 5.03. The van der Waals surface area contributed by atoms with Crippen LogP contribution in [0.15, 0.2) is 24.3 Å². The second kappa shape index (κ2) is 5.38. The summed E-state index contributed by atoms with van der Waals surface area (Å²) in [5, 5.41) is 20.3. The van der Waals surface area contributed by atoms with Crippen molar-refractivity contribution in [2.45, 2.75) is 50.7 Å². The average Bonchev–Trinajstić information content (AvgIpc) is 2.46. The first-order chi connectivity index (χ1) is 9.58. The molecule has 3 rings (SSSR count). The number of fused-ring (bicyclic) bond motifs is 1. The summed E-state index contributed by atoms with van der Waals surface area (Å²) in [7, 11) is 0. The van der Waals surface area contributed by atoms with E-state index in [-0.39, 0.29) is 0 Å². The highest BCUT2D eigenvalue weighted by molar-refractivity contribution is 5.48. The molecule has 1 aliphatic carbocycles. The molecule has 3 atom stereocenters. The Labute approximate surface area is 121 Å². The lowest BCUT2D eigenvalue weighted by atomic mass is 9.71. The molecule has 3 heteroatoms.